The van der Waals surface area contributed by atoms with Gasteiger partial charge in [0, 0.05) is 6.54 Å². The topological polar surface area (TPSA) is 78.9 Å². The third-order valence-corrected chi connectivity index (χ3v) is 2.03. The van der Waals surface area contributed by atoms with Gasteiger partial charge in [-0.2, -0.15) is 5.26 Å². The van der Waals surface area contributed by atoms with Crippen molar-refractivity contribution < 1.29 is 4.79 Å². The van der Waals surface area contributed by atoms with Gasteiger partial charge in [0.1, 0.15) is 0 Å². The van der Waals surface area contributed by atoms with Gasteiger partial charge in [-0.25, -0.2) is 0 Å². The highest BCUT2D eigenvalue weighted by Crippen LogP contribution is 2.10. The second-order valence-corrected chi connectivity index (χ2v) is 4.48. The Balaban J connectivity index is 4.05. The minimum Gasteiger partial charge on any atom is -0.353 e. The van der Waals surface area contributed by atoms with Crippen molar-refractivity contribution in [3.05, 3.63) is 0 Å². The minimum atomic E-state index is -0.535. The predicted octanol–water partition coefficient (Wildman–Crippen LogP) is 0.636. The van der Waals surface area contributed by atoms with Crippen LogP contribution in [0.3, 0.4) is 0 Å². The first-order valence-electron chi connectivity index (χ1n) is 4.74. The molecule has 0 unspecified atom stereocenters. The van der Waals surface area contributed by atoms with Crippen LogP contribution >= 0.6 is 0 Å². The molecule has 1 amide bonds. The monoisotopic (exact) mass is 197 g/mol. The van der Waals surface area contributed by atoms with Gasteiger partial charge >= 0.3 is 0 Å². The third-order valence-electron chi connectivity index (χ3n) is 2.03. The number of hydrogen-bond acceptors (Lipinski definition) is 3. The molecule has 14 heavy (non-hydrogen) atoms. The molecule has 0 fully saturated rings. The number of carbonyl (C=O) groups excluding carboxylic acids is 1. The average Bonchev–Trinajstić information content (AvgIpc) is 2.13. The van der Waals surface area contributed by atoms with Crippen LogP contribution in [-0.2, 0) is 4.79 Å². The van der Waals surface area contributed by atoms with Crippen LogP contribution in [0.15, 0.2) is 0 Å². The van der Waals surface area contributed by atoms with E-state index in [2.05, 4.69) is 11.4 Å². The largest absolute Gasteiger partial charge is 0.353 e. The fourth-order valence-corrected chi connectivity index (χ4v) is 0.768. The standard InChI is InChI=1S/C10H19N3O/c1-7(2)8(12)9(14)13-6-10(3,4)5-11/h7-8H,6,12H2,1-4H3,(H,13,14)/t8-/m1/s1. The van der Waals surface area contributed by atoms with Crippen molar-refractivity contribution in [2.75, 3.05) is 6.54 Å². The Labute approximate surface area is 85.5 Å². The normalized spacial score (nSPS) is 13.5. The summed E-state index contributed by atoms with van der Waals surface area (Å²) in [5, 5.41) is 11.4. The zero-order valence-electron chi connectivity index (χ0n) is 9.29. The zero-order chi connectivity index (χ0) is 11.4. The van der Waals surface area contributed by atoms with E-state index in [4.69, 9.17) is 11.0 Å². The van der Waals surface area contributed by atoms with E-state index >= 15 is 0 Å². The molecule has 4 heteroatoms. The van der Waals surface area contributed by atoms with Gasteiger partial charge in [-0.1, -0.05) is 13.8 Å². The molecule has 0 heterocycles. The van der Waals surface area contributed by atoms with Gasteiger partial charge in [0.25, 0.3) is 0 Å². The Bertz CT molecular complexity index is 240. The van der Waals surface area contributed by atoms with Gasteiger partial charge < -0.3 is 11.1 Å². The first kappa shape index (κ1) is 12.9. The highest BCUT2D eigenvalue weighted by atomic mass is 16.2. The molecule has 0 radical (unpaired) electrons. The van der Waals surface area contributed by atoms with Crippen LogP contribution in [-0.4, -0.2) is 18.5 Å². The van der Waals surface area contributed by atoms with Crippen molar-refractivity contribution in [3.8, 4) is 6.07 Å². The molecular weight excluding hydrogens is 178 g/mol. The molecule has 0 bridgehead atoms. The predicted molar refractivity (Wildman–Crippen MR) is 55.2 cm³/mol. The van der Waals surface area contributed by atoms with E-state index in [1.165, 1.54) is 0 Å². The maximum atomic E-state index is 11.4. The molecule has 0 rings (SSSR count). The molecule has 0 aliphatic carbocycles. The number of nitrogens with one attached hydrogen (secondary N) is 1. The summed E-state index contributed by atoms with van der Waals surface area (Å²) >= 11 is 0. The lowest BCUT2D eigenvalue weighted by Gasteiger charge is -2.19. The number of carbonyl (C=O) groups is 1. The van der Waals surface area contributed by atoms with Crippen molar-refractivity contribution >= 4 is 5.91 Å². The SMILES string of the molecule is CC(C)[C@@H](N)C(=O)NCC(C)(C)C#N. The first-order chi connectivity index (χ1) is 6.30. The van der Waals surface area contributed by atoms with Crippen LogP contribution in [0, 0.1) is 22.7 Å². The van der Waals surface area contributed by atoms with E-state index in [1.807, 2.05) is 13.8 Å². The van der Waals surface area contributed by atoms with Gasteiger partial charge in [-0.3, -0.25) is 4.79 Å². The van der Waals surface area contributed by atoms with Crippen LogP contribution in [0.25, 0.3) is 0 Å². The van der Waals surface area contributed by atoms with Gasteiger partial charge in [-0.05, 0) is 19.8 Å². The number of nitriles is 1. The second-order valence-electron chi connectivity index (χ2n) is 4.48. The molecule has 0 saturated heterocycles. The summed E-state index contributed by atoms with van der Waals surface area (Å²) in [5.74, 6) is -0.0801. The Kier molecular flexibility index (Phi) is 4.58. The number of amides is 1. The summed E-state index contributed by atoms with van der Waals surface area (Å²) in [5.41, 5.74) is 5.10. The lowest BCUT2D eigenvalue weighted by Crippen LogP contribution is -2.46. The summed E-state index contributed by atoms with van der Waals surface area (Å²) in [7, 11) is 0. The lowest BCUT2D eigenvalue weighted by molar-refractivity contribution is -0.123. The molecular formula is C10H19N3O. The molecule has 80 valence electrons. The summed E-state index contributed by atoms with van der Waals surface area (Å²) < 4.78 is 0. The summed E-state index contributed by atoms with van der Waals surface area (Å²) in [4.78, 5) is 11.4. The lowest BCUT2D eigenvalue weighted by atomic mass is 9.95. The van der Waals surface area contributed by atoms with Gasteiger partial charge in [0.15, 0.2) is 0 Å². The second kappa shape index (κ2) is 4.97. The van der Waals surface area contributed by atoms with Crippen molar-refractivity contribution in [1.29, 1.82) is 5.26 Å². The van der Waals surface area contributed by atoms with Crippen LogP contribution in [0.2, 0.25) is 0 Å². The Morgan fingerprint density at radius 1 is 1.57 bits per heavy atom. The average molecular weight is 197 g/mol. The number of nitrogens with zero attached hydrogens (tertiary/aromatic N) is 1. The van der Waals surface area contributed by atoms with Crippen molar-refractivity contribution in [2.24, 2.45) is 17.1 Å². The van der Waals surface area contributed by atoms with Gasteiger partial charge in [0.05, 0.1) is 17.5 Å². The minimum absolute atomic E-state index is 0.111. The van der Waals surface area contributed by atoms with E-state index in [1.54, 1.807) is 13.8 Å². The highest BCUT2D eigenvalue weighted by molar-refractivity contribution is 5.81. The molecule has 0 aromatic rings. The molecule has 0 aromatic heterocycles. The molecule has 1 atom stereocenters. The number of rotatable bonds is 4. The molecule has 4 nitrogen and oxygen atoms in total. The Morgan fingerprint density at radius 2 is 2.07 bits per heavy atom. The third kappa shape index (κ3) is 4.24. The van der Waals surface area contributed by atoms with E-state index in [9.17, 15) is 4.79 Å². The van der Waals surface area contributed by atoms with E-state index < -0.39 is 11.5 Å². The maximum absolute atomic E-state index is 11.4. The molecule has 3 N–H and O–H groups in total. The molecule has 0 aliphatic rings. The Morgan fingerprint density at radius 3 is 2.43 bits per heavy atom. The number of nitrogens with two attached hydrogens (primary N) is 1. The van der Waals surface area contributed by atoms with E-state index in [-0.39, 0.29) is 11.8 Å². The van der Waals surface area contributed by atoms with Crippen molar-refractivity contribution in [1.82, 2.24) is 5.32 Å². The smallest absolute Gasteiger partial charge is 0.237 e. The Hall–Kier alpha value is -1.08. The summed E-state index contributed by atoms with van der Waals surface area (Å²) in [6.45, 7) is 7.66. The summed E-state index contributed by atoms with van der Waals surface area (Å²) in [6.07, 6.45) is 0. The van der Waals surface area contributed by atoms with Crippen molar-refractivity contribution in [3.63, 3.8) is 0 Å². The van der Waals surface area contributed by atoms with Crippen LogP contribution in [0.5, 0.6) is 0 Å². The molecule has 0 saturated carbocycles. The summed E-state index contributed by atoms with van der Waals surface area (Å²) in [6, 6.07) is 1.61. The highest BCUT2D eigenvalue weighted by Gasteiger charge is 2.21. The van der Waals surface area contributed by atoms with Gasteiger partial charge in [-0.15, -0.1) is 0 Å². The number of hydrogen-bond donors (Lipinski definition) is 2. The van der Waals surface area contributed by atoms with Crippen LogP contribution in [0.4, 0.5) is 0 Å². The molecule has 0 aliphatic heterocycles. The fraction of sp³-hybridized carbons (Fsp3) is 0.800. The fourth-order valence-electron chi connectivity index (χ4n) is 0.768. The van der Waals surface area contributed by atoms with E-state index in [0.717, 1.165) is 0 Å². The molecule has 0 spiro atoms. The quantitative estimate of drug-likeness (QED) is 0.694. The zero-order valence-corrected chi connectivity index (χ0v) is 9.29. The first-order valence-corrected chi connectivity index (χ1v) is 4.74. The maximum Gasteiger partial charge on any atom is 0.237 e. The van der Waals surface area contributed by atoms with E-state index in [0.29, 0.717) is 6.54 Å². The van der Waals surface area contributed by atoms with Crippen molar-refractivity contribution in [2.45, 2.75) is 33.7 Å². The van der Waals surface area contributed by atoms with Crippen LogP contribution < -0.4 is 11.1 Å². The van der Waals surface area contributed by atoms with Gasteiger partial charge in [0.2, 0.25) is 5.91 Å². The molecule has 0 aromatic carbocycles. The van der Waals surface area contributed by atoms with Crippen LogP contribution in [0.1, 0.15) is 27.7 Å².